The summed E-state index contributed by atoms with van der Waals surface area (Å²) in [7, 11) is 0. The van der Waals surface area contributed by atoms with Crippen molar-refractivity contribution in [2.75, 3.05) is 6.54 Å². The zero-order chi connectivity index (χ0) is 10.6. The first-order valence-electron chi connectivity index (χ1n) is 5.42. The summed E-state index contributed by atoms with van der Waals surface area (Å²) in [5, 5.41) is 0. The van der Waals surface area contributed by atoms with Crippen molar-refractivity contribution in [2.45, 2.75) is 39.7 Å². The molecule has 2 N–H and O–H groups in total. The number of nitrogens with two attached hydrogens (primary N) is 1. The van der Waals surface area contributed by atoms with E-state index in [9.17, 15) is 0 Å². The fourth-order valence-corrected chi connectivity index (χ4v) is 1.77. The normalized spacial score (nSPS) is 13.5. The van der Waals surface area contributed by atoms with Crippen molar-refractivity contribution in [3.8, 4) is 0 Å². The van der Waals surface area contributed by atoms with Crippen LogP contribution in [0.15, 0.2) is 12.4 Å². The quantitative estimate of drug-likeness (QED) is 0.781. The molecule has 3 heteroatoms. The van der Waals surface area contributed by atoms with Gasteiger partial charge in [0.25, 0.3) is 0 Å². The van der Waals surface area contributed by atoms with Gasteiger partial charge in [-0.1, -0.05) is 20.8 Å². The second kappa shape index (κ2) is 5.15. The van der Waals surface area contributed by atoms with Gasteiger partial charge in [0.1, 0.15) is 5.82 Å². The molecule has 0 fully saturated rings. The SMILES string of the molecule is CCCc1nccn1C(CN)C(C)C. The third-order valence-corrected chi connectivity index (χ3v) is 2.59. The van der Waals surface area contributed by atoms with Gasteiger partial charge in [0, 0.05) is 31.4 Å². The summed E-state index contributed by atoms with van der Waals surface area (Å²) in [5.74, 6) is 1.72. The standard InChI is InChI=1S/C11H21N3/c1-4-5-11-13-6-7-14(11)10(8-12)9(2)3/h6-7,9-10H,4-5,8,12H2,1-3H3. The zero-order valence-electron chi connectivity index (χ0n) is 9.40. The first kappa shape index (κ1) is 11.2. The molecule has 0 radical (unpaired) electrons. The fraction of sp³-hybridized carbons (Fsp3) is 0.727. The highest BCUT2D eigenvalue weighted by Crippen LogP contribution is 2.18. The van der Waals surface area contributed by atoms with Gasteiger partial charge in [0.2, 0.25) is 0 Å². The Bertz CT molecular complexity index is 265. The molecule has 0 amide bonds. The Morgan fingerprint density at radius 2 is 2.21 bits per heavy atom. The molecule has 0 aliphatic rings. The smallest absolute Gasteiger partial charge is 0.108 e. The lowest BCUT2D eigenvalue weighted by atomic mass is 10.0. The first-order chi connectivity index (χ1) is 6.70. The molecule has 1 aromatic rings. The maximum Gasteiger partial charge on any atom is 0.108 e. The average Bonchev–Trinajstić information content (AvgIpc) is 2.55. The summed E-state index contributed by atoms with van der Waals surface area (Å²) in [6.07, 6.45) is 6.08. The van der Waals surface area contributed by atoms with Crippen molar-refractivity contribution in [1.82, 2.24) is 9.55 Å². The second-order valence-electron chi connectivity index (χ2n) is 4.05. The molecule has 14 heavy (non-hydrogen) atoms. The van der Waals surface area contributed by atoms with Gasteiger partial charge in [-0.3, -0.25) is 0 Å². The third kappa shape index (κ3) is 2.35. The molecule has 0 aliphatic heterocycles. The monoisotopic (exact) mass is 195 g/mol. The highest BCUT2D eigenvalue weighted by molar-refractivity contribution is 4.96. The molecule has 0 aliphatic carbocycles. The van der Waals surface area contributed by atoms with E-state index < -0.39 is 0 Å². The third-order valence-electron chi connectivity index (χ3n) is 2.59. The molecule has 80 valence electrons. The molecule has 1 heterocycles. The molecular weight excluding hydrogens is 174 g/mol. The van der Waals surface area contributed by atoms with Crippen LogP contribution in [0.5, 0.6) is 0 Å². The van der Waals surface area contributed by atoms with E-state index in [4.69, 9.17) is 5.73 Å². The van der Waals surface area contributed by atoms with Gasteiger partial charge in [0.15, 0.2) is 0 Å². The lowest BCUT2D eigenvalue weighted by Crippen LogP contribution is -2.25. The first-order valence-corrected chi connectivity index (χ1v) is 5.42. The van der Waals surface area contributed by atoms with Gasteiger partial charge in [-0.25, -0.2) is 4.98 Å². The van der Waals surface area contributed by atoms with Crippen LogP contribution in [0.1, 0.15) is 39.1 Å². The molecule has 3 nitrogen and oxygen atoms in total. The van der Waals surface area contributed by atoms with Crippen molar-refractivity contribution in [2.24, 2.45) is 11.7 Å². The highest BCUT2D eigenvalue weighted by atomic mass is 15.1. The number of imidazole rings is 1. The number of hydrogen-bond donors (Lipinski definition) is 1. The van der Waals surface area contributed by atoms with Crippen LogP contribution in [0.25, 0.3) is 0 Å². The van der Waals surface area contributed by atoms with Crippen LogP contribution in [0.2, 0.25) is 0 Å². The summed E-state index contributed by atoms with van der Waals surface area (Å²) in [6.45, 7) is 7.26. The van der Waals surface area contributed by atoms with E-state index >= 15 is 0 Å². The zero-order valence-corrected chi connectivity index (χ0v) is 9.40. The molecule has 0 saturated carbocycles. The lowest BCUT2D eigenvalue weighted by Gasteiger charge is -2.22. The molecule has 1 atom stereocenters. The van der Waals surface area contributed by atoms with Crippen LogP contribution >= 0.6 is 0 Å². The highest BCUT2D eigenvalue weighted by Gasteiger charge is 2.15. The van der Waals surface area contributed by atoms with Gasteiger partial charge >= 0.3 is 0 Å². The Labute approximate surface area is 86.3 Å². The number of nitrogens with zero attached hydrogens (tertiary/aromatic N) is 2. The molecule has 0 aromatic carbocycles. The van der Waals surface area contributed by atoms with E-state index in [2.05, 4.69) is 30.3 Å². The van der Waals surface area contributed by atoms with Crippen molar-refractivity contribution >= 4 is 0 Å². The van der Waals surface area contributed by atoms with E-state index in [1.54, 1.807) is 0 Å². The Morgan fingerprint density at radius 3 is 2.71 bits per heavy atom. The minimum atomic E-state index is 0.388. The van der Waals surface area contributed by atoms with Gasteiger partial charge in [0.05, 0.1) is 0 Å². The van der Waals surface area contributed by atoms with E-state index in [1.165, 1.54) is 0 Å². The molecule has 0 bridgehead atoms. The van der Waals surface area contributed by atoms with Crippen molar-refractivity contribution in [1.29, 1.82) is 0 Å². The Hall–Kier alpha value is -0.830. The van der Waals surface area contributed by atoms with Crippen molar-refractivity contribution < 1.29 is 0 Å². The molecular formula is C11H21N3. The summed E-state index contributed by atoms with van der Waals surface area (Å²) < 4.78 is 2.23. The van der Waals surface area contributed by atoms with Crippen LogP contribution in [0, 0.1) is 5.92 Å². The molecule has 0 saturated heterocycles. The number of hydrogen-bond acceptors (Lipinski definition) is 2. The molecule has 1 aromatic heterocycles. The Morgan fingerprint density at radius 1 is 1.50 bits per heavy atom. The van der Waals surface area contributed by atoms with Crippen LogP contribution in [0.4, 0.5) is 0 Å². The van der Waals surface area contributed by atoms with E-state index in [-0.39, 0.29) is 0 Å². The average molecular weight is 195 g/mol. The summed E-state index contributed by atoms with van der Waals surface area (Å²) in [4.78, 5) is 4.36. The summed E-state index contributed by atoms with van der Waals surface area (Å²) in [6, 6.07) is 0.388. The molecule has 1 unspecified atom stereocenters. The maximum atomic E-state index is 5.78. The van der Waals surface area contributed by atoms with Crippen molar-refractivity contribution in [3.63, 3.8) is 0 Å². The summed E-state index contributed by atoms with van der Waals surface area (Å²) >= 11 is 0. The minimum absolute atomic E-state index is 0.388. The predicted molar refractivity (Wildman–Crippen MR) is 59.2 cm³/mol. The second-order valence-corrected chi connectivity index (χ2v) is 4.05. The van der Waals surface area contributed by atoms with Gasteiger partial charge in [-0.2, -0.15) is 0 Å². The summed E-state index contributed by atoms with van der Waals surface area (Å²) in [5.41, 5.74) is 5.78. The fourth-order valence-electron chi connectivity index (χ4n) is 1.77. The largest absolute Gasteiger partial charge is 0.330 e. The van der Waals surface area contributed by atoms with E-state index in [0.717, 1.165) is 18.7 Å². The van der Waals surface area contributed by atoms with Gasteiger partial charge in [-0.05, 0) is 12.3 Å². The molecule has 1 rings (SSSR count). The van der Waals surface area contributed by atoms with Crippen molar-refractivity contribution in [3.05, 3.63) is 18.2 Å². The molecule has 0 spiro atoms. The van der Waals surface area contributed by atoms with Gasteiger partial charge in [-0.15, -0.1) is 0 Å². The Balaban J connectivity index is 2.86. The number of aryl methyl sites for hydroxylation is 1. The van der Waals surface area contributed by atoms with Crippen LogP contribution in [0.3, 0.4) is 0 Å². The van der Waals surface area contributed by atoms with E-state index in [0.29, 0.717) is 18.5 Å². The number of aromatic nitrogens is 2. The van der Waals surface area contributed by atoms with Crippen LogP contribution < -0.4 is 5.73 Å². The van der Waals surface area contributed by atoms with Crippen LogP contribution in [-0.4, -0.2) is 16.1 Å². The minimum Gasteiger partial charge on any atom is -0.330 e. The van der Waals surface area contributed by atoms with Crippen LogP contribution in [-0.2, 0) is 6.42 Å². The number of rotatable bonds is 5. The maximum absolute atomic E-state index is 5.78. The predicted octanol–water partition coefficient (Wildman–Crippen LogP) is 1.99. The Kier molecular flexibility index (Phi) is 4.14. The topological polar surface area (TPSA) is 43.8 Å². The van der Waals surface area contributed by atoms with Gasteiger partial charge < -0.3 is 10.3 Å². The van der Waals surface area contributed by atoms with E-state index in [1.807, 2.05) is 12.4 Å². The lowest BCUT2D eigenvalue weighted by molar-refractivity contribution is 0.374.